The maximum atomic E-state index is 12.8. The van der Waals surface area contributed by atoms with Crippen molar-refractivity contribution in [3.63, 3.8) is 0 Å². The average Bonchev–Trinajstić information content (AvgIpc) is 3.22. The number of hydrogen-bond acceptors (Lipinski definition) is 3. The lowest BCUT2D eigenvalue weighted by atomic mass is 10.1. The van der Waals surface area contributed by atoms with E-state index in [2.05, 4.69) is 5.32 Å². The molecular weight excluding hydrogens is 326 g/mol. The Hall–Kier alpha value is -1.75. The number of carbonyl (C=O) groups is 2. The zero-order chi connectivity index (χ0) is 16.7. The summed E-state index contributed by atoms with van der Waals surface area (Å²) >= 11 is 6.02. The maximum Gasteiger partial charge on any atom is 0.245 e. The molecule has 0 bridgehead atoms. The Balaban J connectivity index is 1.39. The Kier molecular flexibility index (Phi) is 4.12. The van der Waals surface area contributed by atoms with Gasteiger partial charge in [-0.2, -0.15) is 0 Å². The molecule has 3 aliphatic rings. The first kappa shape index (κ1) is 15.8. The van der Waals surface area contributed by atoms with Crippen molar-refractivity contribution in [3.8, 4) is 0 Å². The topological polar surface area (TPSA) is 52.7 Å². The summed E-state index contributed by atoms with van der Waals surface area (Å²) in [6.45, 7) is 1.52. The fraction of sp³-hybridized carbons (Fsp3) is 0.556. The minimum Gasteiger partial charge on any atom is -0.373 e. The molecule has 2 fully saturated rings. The van der Waals surface area contributed by atoms with E-state index in [9.17, 15) is 9.59 Å². The van der Waals surface area contributed by atoms with Crippen molar-refractivity contribution in [1.29, 1.82) is 0 Å². The molecule has 1 unspecified atom stereocenters. The zero-order valence-corrected chi connectivity index (χ0v) is 14.4. The highest BCUT2D eigenvalue weighted by molar-refractivity contribution is 6.30. The molecule has 6 heteroatoms. The van der Waals surface area contributed by atoms with E-state index in [-0.39, 0.29) is 24.4 Å². The highest BCUT2D eigenvalue weighted by Crippen LogP contribution is 2.30. The van der Waals surface area contributed by atoms with Gasteiger partial charge in [-0.25, -0.2) is 0 Å². The van der Waals surface area contributed by atoms with Gasteiger partial charge >= 0.3 is 0 Å². The Morgan fingerprint density at radius 3 is 2.75 bits per heavy atom. The number of halogens is 1. The number of hydrogen-bond donors (Lipinski definition) is 1. The second-order valence-corrected chi connectivity index (χ2v) is 7.42. The molecular formula is C18H22ClN3O2. The molecule has 1 atom stereocenters. The Bertz CT molecular complexity index is 672. The first-order valence-corrected chi connectivity index (χ1v) is 9.13. The summed E-state index contributed by atoms with van der Waals surface area (Å²) in [5.41, 5.74) is 2.03. The third-order valence-electron chi connectivity index (χ3n) is 5.45. The molecule has 2 aliphatic heterocycles. The van der Waals surface area contributed by atoms with E-state index >= 15 is 0 Å². The van der Waals surface area contributed by atoms with Crippen LogP contribution in [0.25, 0.3) is 0 Å². The number of nitrogens with zero attached hydrogens (tertiary/aromatic N) is 2. The van der Waals surface area contributed by atoms with E-state index in [0.29, 0.717) is 30.6 Å². The Morgan fingerprint density at radius 2 is 2.00 bits per heavy atom. The lowest BCUT2D eigenvalue weighted by Gasteiger charge is -2.38. The van der Waals surface area contributed by atoms with Crippen molar-refractivity contribution in [2.24, 2.45) is 0 Å². The van der Waals surface area contributed by atoms with E-state index < -0.39 is 0 Å². The lowest BCUT2D eigenvalue weighted by molar-refractivity contribution is -0.147. The van der Waals surface area contributed by atoms with Crippen LogP contribution in [0.4, 0.5) is 5.69 Å². The van der Waals surface area contributed by atoms with Gasteiger partial charge in [-0.15, -0.1) is 0 Å². The van der Waals surface area contributed by atoms with Crippen LogP contribution in [-0.2, 0) is 16.0 Å². The van der Waals surface area contributed by atoms with Crippen molar-refractivity contribution >= 4 is 29.1 Å². The van der Waals surface area contributed by atoms with Gasteiger partial charge in [0.1, 0.15) is 6.04 Å². The summed E-state index contributed by atoms with van der Waals surface area (Å²) in [4.78, 5) is 29.0. The summed E-state index contributed by atoms with van der Waals surface area (Å²) in [5, 5.41) is 3.95. The number of fused-ring (bicyclic) bond motifs is 1. The smallest absolute Gasteiger partial charge is 0.245 e. The number of nitrogens with one attached hydrogen (secondary N) is 1. The molecule has 0 radical (unpaired) electrons. The van der Waals surface area contributed by atoms with Crippen molar-refractivity contribution in [2.45, 2.75) is 44.2 Å². The predicted molar refractivity (Wildman–Crippen MR) is 93.1 cm³/mol. The monoisotopic (exact) mass is 347 g/mol. The van der Waals surface area contributed by atoms with E-state index in [0.717, 1.165) is 24.1 Å². The number of benzene rings is 1. The van der Waals surface area contributed by atoms with Gasteiger partial charge in [-0.05, 0) is 36.6 Å². The molecule has 0 aromatic heterocycles. The standard InChI is InChI=1S/C18H22ClN3O2/c19-13-5-6-15-12(9-13)10-16(20-15)18(24)21-7-8-22(17(23)11-21)14-3-1-2-4-14/h5-6,9,14,16,20H,1-4,7-8,10-11H2. The van der Waals surface area contributed by atoms with Crippen LogP contribution in [0.2, 0.25) is 5.02 Å². The Labute approximate surface area is 146 Å². The van der Waals surface area contributed by atoms with E-state index in [1.165, 1.54) is 12.8 Å². The van der Waals surface area contributed by atoms with E-state index in [4.69, 9.17) is 11.6 Å². The third-order valence-corrected chi connectivity index (χ3v) is 5.69. The van der Waals surface area contributed by atoms with Crippen molar-refractivity contribution in [1.82, 2.24) is 9.80 Å². The van der Waals surface area contributed by atoms with Crippen molar-refractivity contribution in [3.05, 3.63) is 28.8 Å². The maximum absolute atomic E-state index is 12.8. The molecule has 24 heavy (non-hydrogen) atoms. The fourth-order valence-corrected chi connectivity index (χ4v) is 4.37. The van der Waals surface area contributed by atoms with Gasteiger partial charge < -0.3 is 15.1 Å². The molecule has 1 aliphatic carbocycles. The largest absolute Gasteiger partial charge is 0.373 e. The van der Waals surface area contributed by atoms with Crippen molar-refractivity contribution in [2.75, 3.05) is 25.0 Å². The highest BCUT2D eigenvalue weighted by Gasteiger charge is 2.36. The lowest BCUT2D eigenvalue weighted by Crippen LogP contribution is -2.57. The van der Waals surface area contributed by atoms with Crippen LogP contribution < -0.4 is 5.32 Å². The molecule has 4 rings (SSSR count). The van der Waals surface area contributed by atoms with Gasteiger partial charge in [-0.3, -0.25) is 9.59 Å². The fourth-order valence-electron chi connectivity index (χ4n) is 4.18. The highest BCUT2D eigenvalue weighted by atomic mass is 35.5. The molecule has 2 heterocycles. The SMILES string of the molecule is O=C(C1Cc2cc(Cl)ccc2N1)N1CCN(C2CCCC2)C(=O)C1. The van der Waals surface area contributed by atoms with Crippen LogP contribution in [0.1, 0.15) is 31.2 Å². The average molecular weight is 348 g/mol. The molecule has 1 saturated heterocycles. The van der Waals surface area contributed by atoms with Gasteiger partial charge in [0.15, 0.2) is 0 Å². The molecule has 0 spiro atoms. The molecule has 1 N–H and O–H groups in total. The van der Waals surface area contributed by atoms with Gasteiger partial charge in [-0.1, -0.05) is 24.4 Å². The summed E-state index contributed by atoms with van der Waals surface area (Å²) in [6.07, 6.45) is 5.28. The number of amides is 2. The molecule has 128 valence electrons. The minimum atomic E-state index is -0.288. The number of carbonyl (C=O) groups excluding carboxylic acids is 2. The molecule has 1 aromatic carbocycles. The second-order valence-electron chi connectivity index (χ2n) is 6.99. The van der Waals surface area contributed by atoms with Crippen molar-refractivity contribution < 1.29 is 9.59 Å². The minimum absolute atomic E-state index is 0.0155. The van der Waals surface area contributed by atoms with Gasteiger partial charge in [0, 0.05) is 36.3 Å². The van der Waals surface area contributed by atoms with Gasteiger partial charge in [0.05, 0.1) is 6.54 Å². The van der Waals surface area contributed by atoms with Crippen LogP contribution in [0, 0.1) is 0 Å². The van der Waals surface area contributed by atoms with Crippen LogP contribution in [0.5, 0.6) is 0 Å². The van der Waals surface area contributed by atoms with Crippen LogP contribution in [0.3, 0.4) is 0 Å². The first-order valence-electron chi connectivity index (χ1n) is 8.75. The normalized spacial score (nSPS) is 24.2. The summed E-state index contributed by atoms with van der Waals surface area (Å²) in [5.74, 6) is 0.113. The summed E-state index contributed by atoms with van der Waals surface area (Å²) < 4.78 is 0. The Morgan fingerprint density at radius 1 is 1.21 bits per heavy atom. The van der Waals surface area contributed by atoms with Gasteiger partial charge in [0.2, 0.25) is 11.8 Å². The zero-order valence-electron chi connectivity index (χ0n) is 13.6. The summed E-state index contributed by atoms with van der Waals surface area (Å²) in [7, 11) is 0. The van der Waals surface area contributed by atoms with Crippen LogP contribution in [0.15, 0.2) is 18.2 Å². The molecule has 2 amide bonds. The van der Waals surface area contributed by atoms with Crippen LogP contribution in [-0.4, -0.2) is 53.3 Å². The third kappa shape index (κ3) is 2.86. The van der Waals surface area contributed by atoms with Crippen LogP contribution >= 0.6 is 11.6 Å². The van der Waals surface area contributed by atoms with Gasteiger partial charge in [0.25, 0.3) is 0 Å². The number of rotatable bonds is 2. The quantitative estimate of drug-likeness (QED) is 0.893. The first-order chi connectivity index (χ1) is 11.6. The predicted octanol–water partition coefficient (Wildman–Crippen LogP) is 2.29. The summed E-state index contributed by atoms with van der Waals surface area (Å²) in [6, 6.07) is 5.74. The molecule has 1 aromatic rings. The van der Waals surface area contributed by atoms with E-state index in [1.807, 2.05) is 23.1 Å². The number of piperazine rings is 1. The van der Waals surface area contributed by atoms with E-state index in [1.54, 1.807) is 4.90 Å². The second kappa shape index (κ2) is 6.28. The molecule has 5 nitrogen and oxygen atoms in total. The number of anilines is 1. The molecule has 1 saturated carbocycles.